The van der Waals surface area contributed by atoms with E-state index in [1.807, 2.05) is 6.07 Å². The zero-order valence-corrected chi connectivity index (χ0v) is 19.8. The van der Waals surface area contributed by atoms with Crippen LogP contribution in [0, 0.1) is 11.5 Å². The van der Waals surface area contributed by atoms with Gasteiger partial charge in [0.05, 0.1) is 16.5 Å². The number of carboxylic acid groups (broad SMARTS) is 1. The summed E-state index contributed by atoms with van der Waals surface area (Å²) in [5.74, 6) is -1.71. The Balaban J connectivity index is 1.82. The second kappa shape index (κ2) is 11.4. The monoisotopic (exact) mass is 494 g/mol. The molecular formula is C24H22N4O4S2. The Morgan fingerprint density at radius 3 is 2.50 bits per heavy atom. The van der Waals surface area contributed by atoms with Crippen molar-refractivity contribution < 1.29 is 18.3 Å². The molecular weight excluding hydrogens is 472 g/mol. The van der Waals surface area contributed by atoms with E-state index in [9.17, 15) is 18.3 Å². The number of aliphatic carboxylic acids is 1. The van der Waals surface area contributed by atoms with Gasteiger partial charge in [0.25, 0.3) is 10.0 Å². The fourth-order valence-electron chi connectivity index (χ4n) is 3.25. The third-order valence-corrected chi connectivity index (χ3v) is 6.79. The van der Waals surface area contributed by atoms with Crippen LogP contribution < -0.4 is 10.0 Å². The smallest absolute Gasteiger partial charge is 0.311 e. The van der Waals surface area contributed by atoms with E-state index in [4.69, 9.17) is 5.26 Å². The van der Waals surface area contributed by atoms with Gasteiger partial charge in [-0.05, 0) is 54.1 Å². The molecule has 1 unspecified atom stereocenters. The molecule has 0 bridgehead atoms. The first kappa shape index (κ1) is 24.8. The third kappa shape index (κ3) is 6.60. The van der Waals surface area contributed by atoms with Gasteiger partial charge in [-0.25, -0.2) is 13.4 Å². The van der Waals surface area contributed by atoms with Crippen LogP contribution in [0.25, 0.3) is 0 Å². The van der Waals surface area contributed by atoms with E-state index in [0.717, 1.165) is 0 Å². The number of carboxylic acids is 1. The van der Waals surface area contributed by atoms with Crippen molar-refractivity contribution in [3.63, 3.8) is 0 Å². The van der Waals surface area contributed by atoms with Crippen LogP contribution in [0.5, 0.6) is 0 Å². The van der Waals surface area contributed by atoms with Gasteiger partial charge in [0.15, 0.2) is 11.4 Å². The number of hydrogen-bond acceptors (Lipinski definition) is 6. The summed E-state index contributed by atoms with van der Waals surface area (Å²) in [5, 5.41) is 21.2. The number of nitrogens with zero attached hydrogens (tertiary/aromatic N) is 2. The average Bonchev–Trinajstić information content (AvgIpc) is 2.83. The minimum Gasteiger partial charge on any atom is -0.481 e. The van der Waals surface area contributed by atoms with Gasteiger partial charge in [-0.2, -0.15) is 5.26 Å². The summed E-state index contributed by atoms with van der Waals surface area (Å²) < 4.78 is 28.5. The number of nitrogens with one attached hydrogen (secondary N) is 2. The quantitative estimate of drug-likeness (QED) is 0.184. The minimum absolute atomic E-state index is 0.00395. The summed E-state index contributed by atoms with van der Waals surface area (Å²) in [4.78, 5) is 16.1. The Kier molecular flexibility index (Phi) is 8.29. The van der Waals surface area contributed by atoms with Crippen molar-refractivity contribution in [3.05, 3.63) is 90.0 Å². The lowest BCUT2D eigenvalue weighted by atomic mass is 9.92. The second-order valence-corrected chi connectivity index (χ2v) is 9.64. The number of rotatable bonds is 8. The molecule has 174 valence electrons. The molecule has 0 aliphatic heterocycles. The number of aliphatic imine (C=N–C) groups is 1. The number of sulfonamides is 1. The number of nitriles is 1. The summed E-state index contributed by atoms with van der Waals surface area (Å²) in [6.45, 7) is 0. The molecule has 0 radical (unpaired) electrons. The number of benzene rings is 3. The lowest BCUT2D eigenvalue weighted by Gasteiger charge is -2.14. The third-order valence-electron chi connectivity index (χ3n) is 4.83. The number of amidine groups is 1. The first-order valence-corrected chi connectivity index (χ1v) is 12.8. The fraction of sp³-hybridized carbons (Fsp3) is 0.125. The normalized spacial score (nSPS) is 12.4. The molecule has 3 aromatic carbocycles. The topological polar surface area (TPSA) is 132 Å². The maximum absolute atomic E-state index is 13.0. The van der Waals surface area contributed by atoms with Gasteiger partial charge >= 0.3 is 5.97 Å². The van der Waals surface area contributed by atoms with Crippen LogP contribution in [0.3, 0.4) is 0 Å². The molecule has 1 atom stereocenters. The Labute approximate surface area is 202 Å². The van der Waals surface area contributed by atoms with Gasteiger partial charge in [0.2, 0.25) is 0 Å². The molecule has 0 aliphatic rings. The zero-order valence-electron chi connectivity index (χ0n) is 18.2. The molecule has 0 saturated carbocycles. The molecule has 0 aliphatic carbocycles. The van der Waals surface area contributed by atoms with Crippen LogP contribution in [0.2, 0.25) is 0 Å². The molecule has 3 N–H and O–H groups in total. The van der Waals surface area contributed by atoms with Crippen molar-refractivity contribution in [2.24, 2.45) is 4.99 Å². The van der Waals surface area contributed by atoms with E-state index in [1.54, 1.807) is 73.1 Å². The van der Waals surface area contributed by atoms with Crippen molar-refractivity contribution in [2.45, 2.75) is 17.2 Å². The SMILES string of the molecule is CSC(=Nc1cccc(S(=O)(=O)Nc2cccc(CC(C(=O)O)c3ccccc3)c2)c1)NC#N. The van der Waals surface area contributed by atoms with Crippen LogP contribution in [0.1, 0.15) is 17.0 Å². The number of anilines is 1. The van der Waals surface area contributed by atoms with Gasteiger partial charge in [0.1, 0.15) is 0 Å². The summed E-state index contributed by atoms with van der Waals surface area (Å²) in [6, 6.07) is 21.6. The highest BCUT2D eigenvalue weighted by molar-refractivity contribution is 8.13. The summed E-state index contributed by atoms with van der Waals surface area (Å²) >= 11 is 1.22. The first-order chi connectivity index (χ1) is 16.3. The zero-order chi connectivity index (χ0) is 24.6. The molecule has 0 amide bonds. The van der Waals surface area contributed by atoms with Crippen LogP contribution in [0.4, 0.5) is 11.4 Å². The van der Waals surface area contributed by atoms with Crippen LogP contribution in [0.15, 0.2) is 88.8 Å². The van der Waals surface area contributed by atoms with E-state index in [-0.39, 0.29) is 11.3 Å². The predicted molar refractivity (Wildman–Crippen MR) is 134 cm³/mol. The highest BCUT2D eigenvalue weighted by Gasteiger charge is 2.21. The van der Waals surface area contributed by atoms with Gasteiger partial charge in [-0.15, -0.1) is 0 Å². The molecule has 0 aromatic heterocycles. The Bertz CT molecular complexity index is 1340. The standard InChI is InChI=1S/C24H22N4O4S2/c1-33-24(26-16-25)27-19-10-6-12-21(15-19)34(31,32)28-20-11-5-7-17(13-20)14-22(23(29)30)18-8-3-2-4-9-18/h2-13,15,22,28H,14H2,1H3,(H,26,27)(H,29,30). The van der Waals surface area contributed by atoms with Gasteiger partial charge < -0.3 is 5.11 Å². The highest BCUT2D eigenvalue weighted by atomic mass is 32.2. The van der Waals surface area contributed by atoms with Crippen LogP contribution in [-0.2, 0) is 21.2 Å². The predicted octanol–water partition coefficient (Wildman–Crippen LogP) is 4.32. The van der Waals surface area contributed by atoms with Gasteiger partial charge in [-0.3, -0.25) is 14.8 Å². The Hall–Kier alpha value is -3.81. The van der Waals surface area contributed by atoms with E-state index in [2.05, 4.69) is 15.0 Å². The second-order valence-electron chi connectivity index (χ2n) is 7.17. The average molecular weight is 495 g/mol. The number of thioether (sulfide) groups is 1. The van der Waals surface area contributed by atoms with Crippen molar-refractivity contribution in [2.75, 3.05) is 11.0 Å². The largest absolute Gasteiger partial charge is 0.481 e. The number of hydrogen-bond donors (Lipinski definition) is 3. The van der Waals surface area contributed by atoms with Gasteiger partial charge in [-0.1, -0.05) is 60.3 Å². The maximum Gasteiger partial charge on any atom is 0.311 e. The lowest BCUT2D eigenvalue weighted by Crippen LogP contribution is -2.15. The van der Waals surface area contributed by atoms with E-state index >= 15 is 0 Å². The molecule has 0 spiro atoms. The van der Waals surface area contributed by atoms with Crippen molar-refractivity contribution in [1.29, 1.82) is 5.26 Å². The van der Waals surface area contributed by atoms with E-state index < -0.39 is 21.9 Å². The van der Waals surface area contributed by atoms with Crippen molar-refractivity contribution in [1.82, 2.24) is 5.32 Å². The lowest BCUT2D eigenvalue weighted by molar-refractivity contribution is -0.138. The maximum atomic E-state index is 13.0. The Morgan fingerprint density at radius 1 is 1.09 bits per heavy atom. The molecule has 0 saturated heterocycles. The summed E-state index contributed by atoms with van der Waals surface area (Å²) in [7, 11) is -3.93. The minimum atomic E-state index is -3.93. The van der Waals surface area contributed by atoms with Crippen LogP contribution in [-0.4, -0.2) is 30.9 Å². The van der Waals surface area contributed by atoms with Crippen LogP contribution >= 0.6 is 11.8 Å². The highest BCUT2D eigenvalue weighted by Crippen LogP contribution is 2.25. The molecule has 8 nitrogen and oxygen atoms in total. The van der Waals surface area contributed by atoms with Crippen molar-refractivity contribution >= 4 is 44.3 Å². The Morgan fingerprint density at radius 2 is 1.82 bits per heavy atom. The molecule has 3 rings (SSSR count). The molecule has 34 heavy (non-hydrogen) atoms. The molecule has 0 heterocycles. The molecule has 10 heteroatoms. The molecule has 3 aromatic rings. The number of carbonyl (C=O) groups is 1. The fourth-order valence-corrected chi connectivity index (χ4v) is 4.69. The summed E-state index contributed by atoms with van der Waals surface area (Å²) in [5.41, 5.74) is 2.05. The molecule has 0 fully saturated rings. The van der Waals surface area contributed by atoms with E-state index in [1.165, 1.54) is 23.9 Å². The summed E-state index contributed by atoms with van der Waals surface area (Å²) in [6.07, 6.45) is 3.74. The van der Waals surface area contributed by atoms with Crippen molar-refractivity contribution in [3.8, 4) is 6.19 Å². The van der Waals surface area contributed by atoms with Gasteiger partial charge in [0, 0.05) is 5.69 Å². The van der Waals surface area contributed by atoms with E-state index in [0.29, 0.717) is 27.7 Å². The first-order valence-electron chi connectivity index (χ1n) is 10.1.